The Bertz CT molecular complexity index is 911. The van der Waals surface area contributed by atoms with Crippen LogP contribution in [0.1, 0.15) is 33.1 Å². The van der Waals surface area contributed by atoms with Crippen molar-refractivity contribution in [1.29, 1.82) is 0 Å². The molecule has 1 aromatic heterocycles. The molecule has 3 rings (SSSR count). The van der Waals surface area contributed by atoms with Gasteiger partial charge in [-0.3, -0.25) is 19.3 Å². The zero-order valence-corrected chi connectivity index (χ0v) is 17.2. The minimum absolute atomic E-state index is 0.0576. The van der Waals surface area contributed by atoms with Crippen LogP contribution in [0, 0.1) is 0 Å². The highest BCUT2D eigenvalue weighted by molar-refractivity contribution is 7.14. The van der Waals surface area contributed by atoms with Crippen LogP contribution >= 0.6 is 11.3 Å². The molecular weight excluding hydrogens is 394 g/mol. The lowest BCUT2D eigenvalue weighted by Gasteiger charge is -2.28. The zero-order valence-electron chi connectivity index (χ0n) is 16.4. The molecule has 0 fully saturated rings. The topological polar surface area (TPSA) is 97.8 Å². The van der Waals surface area contributed by atoms with E-state index in [2.05, 4.69) is 10.3 Å². The molecule has 0 aliphatic carbocycles. The third-order valence-electron chi connectivity index (χ3n) is 4.30. The van der Waals surface area contributed by atoms with Gasteiger partial charge >= 0.3 is 5.97 Å². The maximum atomic E-state index is 12.3. The number of nitrogens with zero attached hydrogens (tertiary/aromatic N) is 2. The van der Waals surface area contributed by atoms with E-state index < -0.39 is 5.97 Å². The van der Waals surface area contributed by atoms with E-state index in [9.17, 15) is 14.4 Å². The Morgan fingerprint density at radius 2 is 2.17 bits per heavy atom. The van der Waals surface area contributed by atoms with Crippen molar-refractivity contribution in [3.8, 4) is 17.0 Å². The Morgan fingerprint density at radius 1 is 1.34 bits per heavy atom. The fourth-order valence-electron chi connectivity index (χ4n) is 2.85. The summed E-state index contributed by atoms with van der Waals surface area (Å²) in [6.07, 6.45) is 2.25. The monoisotopic (exact) mass is 417 g/mol. The van der Waals surface area contributed by atoms with Gasteiger partial charge in [0.2, 0.25) is 5.91 Å². The molecule has 0 unspecified atom stereocenters. The molecule has 2 aromatic rings. The normalized spacial score (nSPS) is 12.9. The quantitative estimate of drug-likeness (QED) is 0.662. The average Bonchev–Trinajstić information content (AvgIpc) is 3.17. The number of ether oxygens (including phenoxy) is 2. The van der Waals surface area contributed by atoms with Gasteiger partial charge in [-0.15, -0.1) is 11.3 Å². The predicted molar refractivity (Wildman–Crippen MR) is 110 cm³/mol. The molecule has 0 saturated heterocycles. The van der Waals surface area contributed by atoms with Crippen LogP contribution in [0.15, 0.2) is 23.6 Å². The van der Waals surface area contributed by atoms with E-state index in [1.165, 1.54) is 16.2 Å². The van der Waals surface area contributed by atoms with Gasteiger partial charge in [0.15, 0.2) is 11.7 Å². The lowest BCUT2D eigenvalue weighted by atomic mass is 10.1. The minimum atomic E-state index is -0.482. The summed E-state index contributed by atoms with van der Waals surface area (Å²) in [5.41, 5.74) is 1.91. The van der Waals surface area contributed by atoms with Crippen molar-refractivity contribution < 1.29 is 23.9 Å². The second-order valence-corrected chi connectivity index (χ2v) is 7.30. The maximum Gasteiger partial charge on any atom is 0.326 e. The molecule has 1 aromatic carbocycles. The Balaban J connectivity index is 1.80. The van der Waals surface area contributed by atoms with Gasteiger partial charge in [-0.2, -0.15) is 0 Å². The molecule has 8 nitrogen and oxygen atoms in total. The van der Waals surface area contributed by atoms with Crippen LogP contribution < -0.4 is 15.0 Å². The van der Waals surface area contributed by atoms with E-state index in [-0.39, 0.29) is 31.6 Å². The maximum absolute atomic E-state index is 12.3. The van der Waals surface area contributed by atoms with Crippen LogP contribution in [0.2, 0.25) is 0 Å². The summed E-state index contributed by atoms with van der Waals surface area (Å²) in [7, 11) is 0. The number of anilines is 2. The minimum Gasteiger partial charge on any atom is -0.482 e. The SMILES string of the molecule is CCCCC(=O)Nc1nc(-c2ccc3c(c2)N(CC(=O)OCC)C(=O)CO3)cs1. The lowest BCUT2D eigenvalue weighted by Crippen LogP contribution is -2.42. The van der Waals surface area contributed by atoms with Crippen LogP contribution in [0.4, 0.5) is 10.8 Å². The van der Waals surface area contributed by atoms with Gasteiger partial charge in [-0.1, -0.05) is 13.3 Å². The first kappa shape index (κ1) is 20.8. The summed E-state index contributed by atoms with van der Waals surface area (Å²) in [5, 5.41) is 5.16. The van der Waals surface area contributed by atoms with Crippen molar-refractivity contribution in [1.82, 2.24) is 4.98 Å². The first-order valence-corrected chi connectivity index (χ1v) is 10.4. The first-order valence-electron chi connectivity index (χ1n) is 9.50. The summed E-state index contributed by atoms with van der Waals surface area (Å²) in [6, 6.07) is 5.33. The molecule has 154 valence electrons. The van der Waals surface area contributed by atoms with Gasteiger partial charge in [0.25, 0.3) is 5.91 Å². The van der Waals surface area contributed by atoms with Crippen molar-refractivity contribution in [2.45, 2.75) is 33.1 Å². The molecule has 0 bridgehead atoms. The molecule has 1 aliphatic rings. The van der Waals surface area contributed by atoms with Gasteiger partial charge < -0.3 is 14.8 Å². The number of benzene rings is 1. The van der Waals surface area contributed by atoms with Crippen LogP contribution in [0.25, 0.3) is 11.3 Å². The van der Waals surface area contributed by atoms with Crippen LogP contribution in [-0.2, 0) is 19.1 Å². The number of rotatable bonds is 8. The second kappa shape index (κ2) is 9.51. The highest BCUT2D eigenvalue weighted by atomic mass is 32.1. The first-order chi connectivity index (χ1) is 14.0. The Labute approximate surface area is 172 Å². The number of carbonyl (C=O) groups excluding carboxylic acids is 3. The molecule has 2 amide bonds. The molecule has 9 heteroatoms. The Morgan fingerprint density at radius 3 is 2.93 bits per heavy atom. The van der Waals surface area contributed by atoms with E-state index >= 15 is 0 Å². The number of amides is 2. The third kappa shape index (κ3) is 5.11. The van der Waals surface area contributed by atoms with Gasteiger partial charge in [-0.25, -0.2) is 4.98 Å². The molecular formula is C20H23N3O5S. The Hall–Kier alpha value is -2.94. The largest absolute Gasteiger partial charge is 0.482 e. The van der Waals surface area contributed by atoms with Crippen molar-refractivity contribution in [3.05, 3.63) is 23.6 Å². The fourth-order valence-corrected chi connectivity index (χ4v) is 3.59. The molecule has 0 spiro atoms. The number of carbonyl (C=O) groups is 3. The van der Waals surface area contributed by atoms with Gasteiger partial charge in [0, 0.05) is 17.4 Å². The number of fused-ring (bicyclic) bond motifs is 1. The van der Waals surface area contributed by atoms with Crippen LogP contribution in [0.3, 0.4) is 0 Å². The number of esters is 1. The predicted octanol–water partition coefficient (Wildman–Crippen LogP) is 3.23. The number of unbranched alkanes of at least 4 members (excludes halogenated alkanes) is 1. The number of aromatic nitrogens is 1. The number of hydrogen-bond acceptors (Lipinski definition) is 7. The molecule has 0 atom stereocenters. The smallest absolute Gasteiger partial charge is 0.326 e. The van der Waals surface area contributed by atoms with Crippen molar-refractivity contribution in [2.24, 2.45) is 0 Å². The molecule has 2 heterocycles. The van der Waals surface area contributed by atoms with E-state index in [0.29, 0.717) is 28.7 Å². The van der Waals surface area contributed by atoms with Crippen LogP contribution in [-0.4, -0.2) is 42.5 Å². The third-order valence-corrected chi connectivity index (χ3v) is 5.06. The Kier molecular flexibility index (Phi) is 6.82. The van der Waals surface area contributed by atoms with Crippen molar-refractivity contribution in [3.63, 3.8) is 0 Å². The van der Waals surface area contributed by atoms with Crippen molar-refractivity contribution in [2.75, 3.05) is 30.0 Å². The number of thiazole rings is 1. The van der Waals surface area contributed by atoms with Gasteiger partial charge in [0.05, 0.1) is 18.0 Å². The number of hydrogen-bond donors (Lipinski definition) is 1. The molecule has 0 radical (unpaired) electrons. The number of nitrogens with one attached hydrogen (secondary N) is 1. The summed E-state index contributed by atoms with van der Waals surface area (Å²) >= 11 is 1.33. The van der Waals surface area contributed by atoms with Crippen molar-refractivity contribution >= 4 is 39.9 Å². The summed E-state index contributed by atoms with van der Waals surface area (Å²) in [6.45, 7) is 3.69. The molecule has 0 saturated carbocycles. The highest BCUT2D eigenvalue weighted by Crippen LogP contribution is 2.36. The standard InChI is InChI=1S/C20H23N3O5S/c1-3-5-6-17(24)22-20-21-14(12-29-20)13-7-8-16-15(9-13)23(18(25)11-28-16)10-19(26)27-4-2/h7-9,12H,3-6,10-11H2,1-2H3,(H,21,22,24). The molecule has 1 N–H and O–H groups in total. The van der Waals surface area contributed by atoms with Gasteiger partial charge in [-0.05, 0) is 31.5 Å². The van der Waals surface area contributed by atoms with E-state index in [1.54, 1.807) is 19.1 Å². The van der Waals surface area contributed by atoms with E-state index in [4.69, 9.17) is 9.47 Å². The van der Waals surface area contributed by atoms with Crippen LogP contribution in [0.5, 0.6) is 5.75 Å². The average molecular weight is 417 g/mol. The van der Waals surface area contributed by atoms with E-state index in [0.717, 1.165) is 18.4 Å². The lowest BCUT2D eigenvalue weighted by molar-refractivity contribution is -0.142. The zero-order chi connectivity index (χ0) is 20.8. The summed E-state index contributed by atoms with van der Waals surface area (Å²) in [5.74, 6) is -0.339. The summed E-state index contributed by atoms with van der Waals surface area (Å²) < 4.78 is 10.4. The molecule has 29 heavy (non-hydrogen) atoms. The van der Waals surface area contributed by atoms with E-state index in [1.807, 2.05) is 18.4 Å². The second-order valence-electron chi connectivity index (χ2n) is 6.45. The van der Waals surface area contributed by atoms with Gasteiger partial charge in [0.1, 0.15) is 12.3 Å². The highest BCUT2D eigenvalue weighted by Gasteiger charge is 2.28. The molecule has 1 aliphatic heterocycles. The summed E-state index contributed by atoms with van der Waals surface area (Å²) in [4.78, 5) is 41.9. The fraction of sp³-hybridized carbons (Fsp3) is 0.400.